The molecule has 0 radical (unpaired) electrons. The summed E-state index contributed by atoms with van der Waals surface area (Å²) < 4.78 is 5.10. The molecule has 4 aromatic rings. The fourth-order valence-electron chi connectivity index (χ4n) is 3.29. The molecule has 0 saturated carbocycles. The minimum Gasteiger partial charge on any atom is -0.497 e. The second kappa shape index (κ2) is 9.78. The molecule has 0 fully saturated rings. The van der Waals surface area contributed by atoms with Crippen molar-refractivity contribution in [1.82, 2.24) is 9.97 Å². The molecule has 3 aromatic carbocycles. The number of H-pyrrole nitrogens is 1. The number of benzene rings is 3. The third-order valence-corrected chi connectivity index (χ3v) is 5.03. The van der Waals surface area contributed by atoms with Gasteiger partial charge in [0.1, 0.15) is 11.6 Å². The number of hydrogen-bond donors (Lipinski definition) is 3. The van der Waals surface area contributed by atoms with E-state index in [1.54, 1.807) is 73.8 Å². The van der Waals surface area contributed by atoms with Gasteiger partial charge in [-0.15, -0.1) is 0 Å². The second-order valence-electron chi connectivity index (χ2n) is 7.34. The zero-order chi connectivity index (χ0) is 23.2. The molecule has 3 N–H and O–H groups in total. The SMILES string of the molecule is COc1ccc(NC(=O)c2ccc(NC(=O)CCc3nc4ccccc4c(=O)[nH]3)cc2)cc1. The maximum atomic E-state index is 12.4. The molecule has 0 saturated heterocycles. The lowest BCUT2D eigenvalue weighted by Gasteiger charge is -2.08. The molecule has 0 unspecified atom stereocenters. The van der Waals surface area contributed by atoms with Crippen LogP contribution in [-0.4, -0.2) is 28.9 Å². The number of aromatic nitrogens is 2. The monoisotopic (exact) mass is 442 g/mol. The van der Waals surface area contributed by atoms with E-state index in [1.165, 1.54) is 0 Å². The number of hydrogen-bond acceptors (Lipinski definition) is 5. The van der Waals surface area contributed by atoms with E-state index >= 15 is 0 Å². The van der Waals surface area contributed by atoms with Gasteiger partial charge in [0.25, 0.3) is 11.5 Å². The smallest absolute Gasteiger partial charge is 0.258 e. The molecule has 166 valence electrons. The minimum absolute atomic E-state index is 0.154. The first kappa shape index (κ1) is 21.8. The van der Waals surface area contributed by atoms with E-state index < -0.39 is 0 Å². The number of amides is 2. The number of aromatic amines is 1. The van der Waals surface area contributed by atoms with Crippen molar-refractivity contribution in [1.29, 1.82) is 0 Å². The van der Waals surface area contributed by atoms with E-state index in [4.69, 9.17) is 4.74 Å². The Morgan fingerprint density at radius 1 is 0.909 bits per heavy atom. The minimum atomic E-state index is -0.260. The van der Waals surface area contributed by atoms with Crippen molar-refractivity contribution >= 4 is 34.1 Å². The predicted octanol–water partition coefficient (Wildman–Crippen LogP) is 3.76. The van der Waals surface area contributed by atoms with E-state index in [2.05, 4.69) is 20.6 Å². The van der Waals surface area contributed by atoms with Crippen molar-refractivity contribution in [2.75, 3.05) is 17.7 Å². The van der Waals surface area contributed by atoms with Crippen LogP contribution in [0.2, 0.25) is 0 Å². The number of fused-ring (bicyclic) bond motifs is 1. The van der Waals surface area contributed by atoms with Crippen molar-refractivity contribution < 1.29 is 14.3 Å². The summed E-state index contributed by atoms with van der Waals surface area (Å²) in [4.78, 5) is 44.0. The number of carbonyl (C=O) groups excluding carboxylic acids is 2. The number of nitrogens with one attached hydrogen (secondary N) is 3. The fourth-order valence-corrected chi connectivity index (χ4v) is 3.29. The maximum Gasteiger partial charge on any atom is 0.258 e. The molecular weight excluding hydrogens is 420 g/mol. The van der Waals surface area contributed by atoms with Gasteiger partial charge >= 0.3 is 0 Å². The van der Waals surface area contributed by atoms with Crippen LogP contribution in [-0.2, 0) is 11.2 Å². The molecule has 0 aliphatic carbocycles. The average Bonchev–Trinajstić information content (AvgIpc) is 2.84. The van der Waals surface area contributed by atoms with Gasteiger partial charge < -0.3 is 20.4 Å². The van der Waals surface area contributed by atoms with Crippen LogP contribution in [0.15, 0.2) is 77.6 Å². The van der Waals surface area contributed by atoms with Crippen LogP contribution in [0.3, 0.4) is 0 Å². The highest BCUT2D eigenvalue weighted by Gasteiger charge is 2.09. The summed E-state index contributed by atoms with van der Waals surface area (Å²) in [7, 11) is 1.58. The van der Waals surface area contributed by atoms with E-state index in [9.17, 15) is 14.4 Å². The molecule has 4 rings (SSSR count). The van der Waals surface area contributed by atoms with E-state index in [0.717, 1.165) is 0 Å². The summed E-state index contributed by atoms with van der Waals surface area (Å²) >= 11 is 0. The molecule has 0 bridgehead atoms. The molecule has 1 heterocycles. The Bertz CT molecular complexity index is 1350. The molecule has 2 amide bonds. The lowest BCUT2D eigenvalue weighted by molar-refractivity contribution is -0.116. The molecule has 33 heavy (non-hydrogen) atoms. The van der Waals surface area contributed by atoms with Gasteiger partial charge in [0.05, 0.1) is 18.0 Å². The van der Waals surface area contributed by atoms with Crippen LogP contribution in [0.4, 0.5) is 11.4 Å². The van der Waals surface area contributed by atoms with Gasteiger partial charge in [-0.05, 0) is 60.7 Å². The first-order chi connectivity index (χ1) is 16.0. The Morgan fingerprint density at radius 3 is 2.30 bits per heavy atom. The summed E-state index contributed by atoms with van der Waals surface area (Å²) in [6.45, 7) is 0. The predicted molar refractivity (Wildman–Crippen MR) is 127 cm³/mol. The van der Waals surface area contributed by atoms with Crippen molar-refractivity contribution in [3.8, 4) is 5.75 Å². The molecule has 8 nitrogen and oxygen atoms in total. The highest BCUT2D eigenvalue weighted by Crippen LogP contribution is 2.17. The van der Waals surface area contributed by atoms with Crippen LogP contribution < -0.4 is 20.9 Å². The summed E-state index contributed by atoms with van der Waals surface area (Å²) in [5, 5.41) is 6.11. The molecular formula is C25H22N4O4. The van der Waals surface area contributed by atoms with Gasteiger partial charge in [-0.25, -0.2) is 4.98 Å². The van der Waals surface area contributed by atoms with Crippen LogP contribution in [0.5, 0.6) is 5.75 Å². The number of nitrogens with zero attached hydrogens (tertiary/aromatic N) is 1. The van der Waals surface area contributed by atoms with E-state index in [-0.39, 0.29) is 23.8 Å². The Morgan fingerprint density at radius 2 is 1.58 bits per heavy atom. The number of methoxy groups -OCH3 is 1. The Kier molecular flexibility index (Phi) is 6.45. The molecule has 8 heteroatoms. The van der Waals surface area contributed by atoms with Crippen molar-refractivity contribution in [3.63, 3.8) is 0 Å². The summed E-state index contributed by atoms with van der Waals surface area (Å²) in [6.07, 6.45) is 0.454. The zero-order valence-corrected chi connectivity index (χ0v) is 17.9. The van der Waals surface area contributed by atoms with Crippen LogP contribution in [0, 0.1) is 0 Å². The maximum absolute atomic E-state index is 12.4. The summed E-state index contributed by atoms with van der Waals surface area (Å²) in [5.41, 5.74) is 2.06. The average molecular weight is 442 g/mol. The lowest BCUT2D eigenvalue weighted by atomic mass is 10.1. The standard InChI is InChI=1S/C25H22N4O4/c1-33-19-12-10-18(11-13-19)27-24(31)16-6-8-17(9-7-16)26-23(30)15-14-22-28-21-5-3-2-4-20(21)25(32)29-22/h2-13H,14-15H2,1H3,(H,26,30)(H,27,31)(H,28,29,32). The fraction of sp³-hybridized carbons (Fsp3) is 0.120. The number of aryl methyl sites for hydroxylation is 1. The molecule has 0 aliphatic rings. The van der Waals surface area contributed by atoms with Crippen LogP contribution in [0.1, 0.15) is 22.6 Å². The molecule has 1 aromatic heterocycles. The van der Waals surface area contributed by atoms with Gasteiger partial charge in [-0.3, -0.25) is 14.4 Å². The van der Waals surface area contributed by atoms with E-state index in [0.29, 0.717) is 45.8 Å². The first-order valence-corrected chi connectivity index (χ1v) is 10.3. The third kappa shape index (κ3) is 5.43. The number of carbonyl (C=O) groups is 2. The van der Waals surface area contributed by atoms with Crippen molar-refractivity contribution in [3.05, 3.63) is 94.5 Å². The number of rotatable bonds is 7. The zero-order valence-electron chi connectivity index (χ0n) is 17.9. The van der Waals surface area contributed by atoms with Crippen LogP contribution >= 0.6 is 0 Å². The summed E-state index contributed by atoms with van der Waals surface area (Å²) in [5.74, 6) is 0.681. The number of ether oxygens (including phenoxy) is 1. The number of anilines is 2. The first-order valence-electron chi connectivity index (χ1n) is 10.3. The Labute approximate surface area is 189 Å². The van der Waals surface area contributed by atoms with Crippen molar-refractivity contribution in [2.24, 2.45) is 0 Å². The van der Waals surface area contributed by atoms with Crippen molar-refractivity contribution in [2.45, 2.75) is 12.8 Å². The van der Waals surface area contributed by atoms with Gasteiger partial charge in [-0.2, -0.15) is 0 Å². The number of para-hydroxylation sites is 1. The highest BCUT2D eigenvalue weighted by molar-refractivity contribution is 6.04. The third-order valence-electron chi connectivity index (χ3n) is 5.03. The quantitative estimate of drug-likeness (QED) is 0.403. The Balaban J connectivity index is 1.32. The molecule has 0 spiro atoms. The van der Waals surface area contributed by atoms with Gasteiger partial charge in [0, 0.05) is 29.8 Å². The van der Waals surface area contributed by atoms with Gasteiger partial charge in [0.15, 0.2) is 0 Å². The Hall–Kier alpha value is -4.46. The highest BCUT2D eigenvalue weighted by atomic mass is 16.5. The van der Waals surface area contributed by atoms with Crippen LogP contribution in [0.25, 0.3) is 10.9 Å². The lowest BCUT2D eigenvalue weighted by Crippen LogP contribution is -2.16. The molecule has 0 aliphatic heterocycles. The largest absolute Gasteiger partial charge is 0.497 e. The molecule has 0 atom stereocenters. The second-order valence-corrected chi connectivity index (χ2v) is 7.34. The normalized spacial score (nSPS) is 10.6. The van der Waals surface area contributed by atoms with Gasteiger partial charge in [0.2, 0.25) is 5.91 Å². The van der Waals surface area contributed by atoms with E-state index in [1.807, 2.05) is 6.07 Å². The van der Waals surface area contributed by atoms with Gasteiger partial charge in [-0.1, -0.05) is 12.1 Å². The summed E-state index contributed by atoms with van der Waals surface area (Å²) in [6, 6.07) is 20.7. The topological polar surface area (TPSA) is 113 Å².